The predicted molar refractivity (Wildman–Crippen MR) is 132 cm³/mol. The fraction of sp³-hybridized carbons (Fsp3) is 0.346. The van der Waals surface area contributed by atoms with E-state index >= 15 is 0 Å². The first-order valence-corrected chi connectivity index (χ1v) is 13.0. The van der Waals surface area contributed by atoms with E-state index in [2.05, 4.69) is 16.0 Å². The lowest BCUT2D eigenvalue weighted by atomic mass is 9.99. The molecular weight excluding hydrogens is 452 g/mol. The number of H-pyrrole nitrogens is 1. The average molecular weight is 481 g/mol. The molecule has 1 fully saturated rings. The number of fused-ring (bicyclic) bond motifs is 3. The minimum Gasteiger partial charge on any atom is -0.489 e. The van der Waals surface area contributed by atoms with Crippen molar-refractivity contribution < 1.29 is 22.6 Å². The first-order chi connectivity index (χ1) is 16.2. The van der Waals surface area contributed by atoms with Gasteiger partial charge in [-0.3, -0.25) is 0 Å². The van der Waals surface area contributed by atoms with E-state index in [1.165, 1.54) is 0 Å². The average Bonchev–Trinajstić information content (AvgIpc) is 3.37. The Morgan fingerprint density at radius 3 is 2.76 bits per heavy atom. The summed E-state index contributed by atoms with van der Waals surface area (Å²) in [7, 11) is -3.32. The highest BCUT2D eigenvalue weighted by Gasteiger charge is 2.33. The maximum Gasteiger partial charge on any atom is 0.178 e. The molecule has 2 aromatic heterocycles. The maximum atomic E-state index is 12.5. The third kappa shape index (κ3) is 4.17. The second-order valence-corrected chi connectivity index (χ2v) is 11.4. The molecule has 178 valence electrons. The molecule has 1 saturated heterocycles. The van der Waals surface area contributed by atoms with E-state index < -0.39 is 15.6 Å². The molecule has 4 aromatic rings. The number of rotatable bonds is 6. The normalized spacial score (nSPS) is 18.1. The fourth-order valence-electron chi connectivity index (χ4n) is 4.38. The number of benzene rings is 2. The van der Waals surface area contributed by atoms with Crippen LogP contribution in [0.25, 0.3) is 33.1 Å². The number of pyridine rings is 1. The van der Waals surface area contributed by atoms with E-state index in [0.717, 1.165) is 38.6 Å². The molecule has 1 atom stereocenters. The lowest BCUT2D eigenvalue weighted by Crippen LogP contribution is -2.25. The number of ether oxygens (including phenoxy) is 3. The number of hydrogen-bond acceptors (Lipinski definition) is 6. The topological polar surface area (TPSA) is 90.5 Å². The van der Waals surface area contributed by atoms with Crippen molar-refractivity contribution >= 4 is 31.8 Å². The zero-order valence-electron chi connectivity index (χ0n) is 19.7. The van der Waals surface area contributed by atoms with E-state index in [9.17, 15) is 8.42 Å². The lowest BCUT2D eigenvalue weighted by molar-refractivity contribution is -0.141. The molecule has 1 aliphatic heterocycles. The quantitative estimate of drug-likeness (QED) is 0.417. The van der Waals surface area contributed by atoms with E-state index in [1.54, 1.807) is 25.1 Å². The Morgan fingerprint density at radius 2 is 2.03 bits per heavy atom. The monoisotopic (exact) mass is 480 g/mol. The van der Waals surface area contributed by atoms with Gasteiger partial charge in [0.05, 0.1) is 22.8 Å². The maximum absolute atomic E-state index is 12.5. The van der Waals surface area contributed by atoms with Crippen LogP contribution in [0.5, 0.6) is 5.75 Å². The number of aryl methyl sites for hydroxylation is 1. The minimum absolute atomic E-state index is 0.0542. The van der Waals surface area contributed by atoms with Gasteiger partial charge in [0, 0.05) is 17.0 Å². The van der Waals surface area contributed by atoms with Crippen molar-refractivity contribution in [3.8, 4) is 16.9 Å². The van der Waals surface area contributed by atoms with Crippen molar-refractivity contribution in [2.75, 3.05) is 19.0 Å². The van der Waals surface area contributed by atoms with Crippen molar-refractivity contribution in [3.05, 3.63) is 54.2 Å². The van der Waals surface area contributed by atoms with Crippen LogP contribution in [0.2, 0.25) is 0 Å². The van der Waals surface area contributed by atoms with E-state index in [4.69, 9.17) is 14.2 Å². The largest absolute Gasteiger partial charge is 0.489 e. The summed E-state index contributed by atoms with van der Waals surface area (Å²) >= 11 is 0. The van der Waals surface area contributed by atoms with Crippen molar-refractivity contribution in [1.82, 2.24) is 9.97 Å². The van der Waals surface area contributed by atoms with Crippen LogP contribution in [0.3, 0.4) is 0 Å². The van der Waals surface area contributed by atoms with Gasteiger partial charge in [-0.05, 0) is 67.8 Å². The Labute approximate surface area is 199 Å². The van der Waals surface area contributed by atoms with Crippen molar-refractivity contribution in [3.63, 3.8) is 0 Å². The molecule has 5 rings (SSSR count). The minimum atomic E-state index is -3.32. The Bertz CT molecular complexity index is 1490. The van der Waals surface area contributed by atoms with Gasteiger partial charge in [0.1, 0.15) is 24.1 Å². The van der Waals surface area contributed by atoms with E-state index in [-0.39, 0.29) is 11.9 Å². The van der Waals surface area contributed by atoms with Crippen LogP contribution in [-0.4, -0.2) is 49.2 Å². The first-order valence-electron chi connectivity index (χ1n) is 11.4. The Hall–Kier alpha value is -2.94. The highest BCUT2D eigenvalue weighted by molar-refractivity contribution is 7.91. The van der Waals surface area contributed by atoms with Crippen LogP contribution >= 0.6 is 0 Å². The second kappa shape index (κ2) is 8.37. The molecule has 0 aliphatic carbocycles. The predicted octanol–water partition coefficient (Wildman–Crippen LogP) is 5.02. The third-order valence-corrected chi connectivity index (χ3v) is 7.81. The standard InChI is InChI=1S/C26H28N2O5S/c1-5-34(29,30)19-8-6-7-17(12-19)20-9-10-22(31-14-18-15-32-26(3,4)33-18)24-23(20)21-11-16(2)13-27-25(21)28-24/h6-13,18H,5,14-15H2,1-4H3,(H,27,28)/t18-/m1/s1. The molecule has 7 nitrogen and oxygen atoms in total. The number of aromatic amines is 1. The molecule has 1 aliphatic rings. The second-order valence-electron chi connectivity index (χ2n) is 9.09. The molecule has 0 spiro atoms. The smallest absolute Gasteiger partial charge is 0.178 e. The molecule has 0 amide bonds. The van der Waals surface area contributed by atoms with Crippen LogP contribution in [-0.2, 0) is 19.3 Å². The molecule has 2 aromatic carbocycles. The molecule has 0 bridgehead atoms. The molecule has 3 heterocycles. The summed E-state index contributed by atoms with van der Waals surface area (Å²) in [5, 5.41) is 1.90. The summed E-state index contributed by atoms with van der Waals surface area (Å²) in [6.07, 6.45) is 1.66. The van der Waals surface area contributed by atoms with E-state index in [0.29, 0.717) is 23.9 Å². The summed E-state index contributed by atoms with van der Waals surface area (Å²) in [5.41, 5.74) is 4.33. The van der Waals surface area contributed by atoms with Gasteiger partial charge >= 0.3 is 0 Å². The number of hydrogen-bond donors (Lipinski definition) is 1. The zero-order chi connectivity index (χ0) is 24.1. The summed E-state index contributed by atoms with van der Waals surface area (Å²) < 4.78 is 42.7. The fourth-order valence-corrected chi connectivity index (χ4v) is 5.30. The van der Waals surface area contributed by atoms with Crippen molar-refractivity contribution in [2.24, 2.45) is 0 Å². The summed E-state index contributed by atoms with van der Waals surface area (Å²) in [6, 6.07) is 13.1. The molecule has 0 unspecified atom stereocenters. The van der Waals surface area contributed by atoms with Gasteiger partial charge in [-0.2, -0.15) is 0 Å². The van der Waals surface area contributed by atoms with Crippen molar-refractivity contribution in [2.45, 2.75) is 44.5 Å². The van der Waals surface area contributed by atoms with Crippen LogP contribution in [0.4, 0.5) is 0 Å². The van der Waals surface area contributed by atoms with E-state index in [1.807, 2.05) is 45.2 Å². The first kappa shape index (κ1) is 22.8. The zero-order valence-corrected chi connectivity index (χ0v) is 20.5. The molecule has 8 heteroatoms. The Balaban J connectivity index is 1.63. The van der Waals surface area contributed by atoms with Gasteiger partial charge in [0.2, 0.25) is 0 Å². The summed E-state index contributed by atoms with van der Waals surface area (Å²) in [5.74, 6) is 0.123. The molecule has 0 radical (unpaired) electrons. The Morgan fingerprint density at radius 1 is 1.21 bits per heavy atom. The summed E-state index contributed by atoms with van der Waals surface area (Å²) in [6.45, 7) is 8.25. The highest BCUT2D eigenvalue weighted by Crippen LogP contribution is 2.39. The van der Waals surface area contributed by atoms with Crippen LogP contribution in [0.1, 0.15) is 26.3 Å². The summed E-state index contributed by atoms with van der Waals surface area (Å²) in [4.78, 5) is 8.29. The Kier molecular flexibility index (Phi) is 5.62. The van der Waals surface area contributed by atoms with Crippen LogP contribution < -0.4 is 4.74 Å². The van der Waals surface area contributed by atoms with Gasteiger partial charge in [0.15, 0.2) is 15.6 Å². The molecule has 34 heavy (non-hydrogen) atoms. The molecule has 0 saturated carbocycles. The van der Waals surface area contributed by atoms with Gasteiger partial charge < -0.3 is 19.2 Å². The van der Waals surface area contributed by atoms with Gasteiger partial charge in [0.25, 0.3) is 0 Å². The van der Waals surface area contributed by atoms with Gasteiger partial charge in [-0.15, -0.1) is 0 Å². The van der Waals surface area contributed by atoms with Crippen molar-refractivity contribution in [1.29, 1.82) is 0 Å². The van der Waals surface area contributed by atoms with Gasteiger partial charge in [-0.25, -0.2) is 13.4 Å². The number of nitrogens with zero attached hydrogens (tertiary/aromatic N) is 1. The van der Waals surface area contributed by atoms with Crippen LogP contribution in [0.15, 0.2) is 53.6 Å². The third-order valence-electron chi connectivity index (χ3n) is 6.08. The van der Waals surface area contributed by atoms with Crippen LogP contribution in [0, 0.1) is 6.92 Å². The van der Waals surface area contributed by atoms with Gasteiger partial charge in [-0.1, -0.05) is 19.1 Å². The number of nitrogens with one attached hydrogen (secondary N) is 1. The lowest BCUT2D eigenvalue weighted by Gasteiger charge is -2.17. The molecular formula is C26H28N2O5S. The number of aromatic nitrogens is 2. The number of sulfone groups is 1. The molecule has 1 N–H and O–H groups in total. The SMILES string of the molecule is CCS(=O)(=O)c1cccc(-c2ccc(OC[C@@H]3COC(C)(C)O3)c3[nH]c4ncc(C)cc4c23)c1. The highest BCUT2D eigenvalue weighted by atomic mass is 32.2.